The van der Waals surface area contributed by atoms with Crippen LogP contribution in [-0.2, 0) is 0 Å². The summed E-state index contributed by atoms with van der Waals surface area (Å²) in [4.78, 5) is 0. The van der Waals surface area contributed by atoms with Crippen molar-refractivity contribution in [3.63, 3.8) is 0 Å². The SMILES string of the molecule is C=CC=[N+](C)CC1CC=CCC1. The fourth-order valence-electron chi connectivity index (χ4n) is 1.67. The summed E-state index contributed by atoms with van der Waals surface area (Å²) in [6.07, 6.45) is 12.3. The minimum Gasteiger partial charge on any atom is -0.238 e. The van der Waals surface area contributed by atoms with Crippen LogP contribution in [0.5, 0.6) is 0 Å². The second kappa shape index (κ2) is 4.91. The van der Waals surface area contributed by atoms with E-state index in [4.69, 9.17) is 0 Å². The summed E-state index contributed by atoms with van der Waals surface area (Å²) in [7, 11) is 2.11. The molecule has 0 amide bonds. The monoisotopic (exact) mass is 164 g/mol. The Morgan fingerprint density at radius 2 is 2.42 bits per heavy atom. The minimum atomic E-state index is 0.844. The summed E-state index contributed by atoms with van der Waals surface area (Å²) >= 11 is 0. The molecule has 1 atom stereocenters. The van der Waals surface area contributed by atoms with Crippen LogP contribution in [0.15, 0.2) is 24.8 Å². The van der Waals surface area contributed by atoms with Gasteiger partial charge in [-0.3, -0.25) is 0 Å². The summed E-state index contributed by atoms with van der Waals surface area (Å²) in [5, 5.41) is 0. The lowest BCUT2D eigenvalue weighted by molar-refractivity contribution is -0.500. The predicted molar refractivity (Wildman–Crippen MR) is 53.8 cm³/mol. The second-order valence-corrected chi connectivity index (χ2v) is 3.47. The molecule has 0 aromatic heterocycles. The van der Waals surface area contributed by atoms with Crippen molar-refractivity contribution >= 4 is 6.21 Å². The molecule has 1 heteroatoms. The topological polar surface area (TPSA) is 3.01 Å². The molecule has 0 saturated carbocycles. The van der Waals surface area contributed by atoms with E-state index in [-0.39, 0.29) is 0 Å². The number of allylic oxidation sites excluding steroid dienone is 3. The Hall–Kier alpha value is -0.850. The highest BCUT2D eigenvalue weighted by Gasteiger charge is 2.13. The molecule has 0 saturated heterocycles. The zero-order valence-corrected chi connectivity index (χ0v) is 7.87. The van der Waals surface area contributed by atoms with Gasteiger partial charge in [0, 0.05) is 5.92 Å². The second-order valence-electron chi connectivity index (χ2n) is 3.47. The average molecular weight is 164 g/mol. The van der Waals surface area contributed by atoms with Gasteiger partial charge in [-0.05, 0) is 25.3 Å². The highest BCUT2D eigenvalue weighted by molar-refractivity contribution is 5.64. The highest BCUT2D eigenvalue weighted by atomic mass is 14.9. The van der Waals surface area contributed by atoms with Gasteiger partial charge in [0.05, 0.1) is 0 Å². The van der Waals surface area contributed by atoms with Gasteiger partial charge in [-0.1, -0.05) is 18.7 Å². The van der Waals surface area contributed by atoms with Crippen LogP contribution >= 0.6 is 0 Å². The molecule has 0 spiro atoms. The molecule has 0 aliphatic heterocycles. The maximum Gasteiger partial charge on any atom is 0.162 e. The molecule has 1 aliphatic carbocycles. The molecule has 1 nitrogen and oxygen atoms in total. The Morgan fingerprint density at radius 3 is 3.00 bits per heavy atom. The van der Waals surface area contributed by atoms with Gasteiger partial charge < -0.3 is 0 Å². The number of nitrogens with zero attached hydrogens (tertiary/aromatic N) is 1. The number of rotatable bonds is 3. The summed E-state index contributed by atoms with van der Waals surface area (Å²) in [5.74, 6) is 0.844. The van der Waals surface area contributed by atoms with Crippen molar-refractivity contribution < 1.29 is 4.58 Å². The molecular weight excluding hydrogens is 146 g/mol. The third-order valence-electron chi connectivity index (χ3n) is 2.28. The third-order valence-corrected chi connectivity index (χ3v) is 2.28. The zero-order valence-electron chi connectivity index (χ0n) is 7.87. The van der Waals surface area contributed by atoms with Gasteiger partial charge in [0.25, 0.3) is 0 Å². The van der Waals surface area contributed by atoms with Crippen LogP contribution in [0.25, 0.3) is 0 Å². The molecule has 66 valence electrons. The maximum atomic E-state index is 3.68. The lowest BCUT2D eigenvalue weighted by atomic mass is 9.94. The van der Waals surface area contributed by atoms with Gasteiger partial charge >= 0.3 is 0 Å². The average Bonchev–Trinajstić information content (AvgIpc) is 2.06. The quantitative estimate of drug-likeness (QED) is 0.342. The van der Waals surface area contributed by atoms with Crippen molar-refractivity contribution in [3.8, 4) is 0 Å². The lowest BCUT2D eigenvalue weighted by Gasteiger charge is -2.14. The molecule has 0 N–H and O–H groups in total. The van der Waals surface area contributed by atoms with Gasteiger partial charge in [0.15, 0.2) is 6.21 Å². The molecule has 0 fully saturated rings. The van der Waals surface area contributed by atoms with Gasteiger partial charge in [0.2, 0.25) is 0 Å². The van der Waals surface area contributed by atoms with Crippen molar-refractivity contribution in [1.29, 1.82) is 0 Å². The van der Waals surface area contributed by atoms with Crippen LogP contribution in [0.3, 0.4) is 0 Å². The standard InChI is InChI=1S/C11H18N/c1-3-9-12(2)10-11-7-5-4-6-8-11/h3-5,9,11H,1,6-8,10H2,2H3/q+1. The van der Waals surface area contributed by atoms with Crippen LogP contribution in [-0.4, -0.2) is 24.4 Å². The summed E-state index contributed by atoms with van der Waals surface area (Å²) in [6, 6.07) is 0. The molecule has 0 bridgehead atoms. The summed E-state index contributed by atoms with van der Waals surface area (Å²) in [5.41, 5.74) is 0. The molecule has 12 heavy (non-hydrogen) atoms. The molecule has 1 unspecified atom stereocenters. The Kier molecular flexibility index (Phi) is 3.78. The first-order valence-electron chi connectivity index (χ1n) is 4.64. The molecule has 0 aromatic rings. The van der Waals surface area contributed by atoms with Crippen molar-refractivity contribution in [3.05, 3.63) is 24.8 Å². The van der Waals surface area contributed by atoms with Crippen LogP contribution < -0.4 is 0 Å². The number of hydrogen-bond acceptors (Lipinski definition) is 0. The summed E-state index contributed by atoms with van der Waals surface area (Å²) < 4.78 is 2.22. The van der Waals surface area contributed by atoms with Gasteiger partial charge in [-0.25, -0.2) is 4.58 Å². The molecule has 1 aliphatic rings. The molecule has 0 heterocycles. The van der Waals surface area contributed by atoms with Crippen LogP contribution in [0.2, 0.25) is 0 Å². The van der Waals surface area contributed by atoms with Crippen molar-refractivity contribution in [2.45, 2.75) is 19.3 Å². The Labute approximate surface area is 75.1 Å². The molecular formula is C11H18N+. The highest BCUT2D eigenvalue weighted by Crippen LogP contribution is 2.17. The first-order valence-corrected chi connectivity index (χ1v) is 4.64. The Balaban J connectivity index is 2.35. The van der Waals surface area contributed by atoms with E-state index in [9.17, 15) is 0 Å². The predicted octanol–water partition coefficient (Wildman–Crippen LogP) is 2.24. The van der Waals surface area contributed by atoms with Crippen molar-refractivity contribution in [1.82, 2.24) is 0 Å². The third kappa shape index (κ3) is 3.04. The van der Waals surface area contributed by atoms with E-state index in [0.717, 1.165) is 12.5 Å². The van der Waals surface area contributed by atoms with E-state index in [1.54, 1.807) is 0 Å². The van der Waals surface area contributed by atoms with E-state index >= 15 is 0 Å². The first-order chi connectivity index (χ1) is 5.83. The number of hydrogen-bond donors (Lipinski definition) is 0. The molecule has 1 rings (SSSR count). The maximum absolute atomic E-state index is 3.68. The Bertz CT molecular complexity index is 201. The van der Waals surface area contributed by atoms with E-state index in [2.05, 4.69) is 30.4 Å². The van der Waals surface area contributed by atoms with Gasteiger partial charge in [-0.2, -0.15) is 0 Å². The Morgan fingerprint density at radius 1 is 1.58 bits per heavy atom. The van der Waals surface area contributed by atoms with Crippen LogP contribution in [0.1, 0.15) is 19.3 Å². The lowest BCUT2D eigenvalue weighted by Crippen LogP contribution is -2.18. The van der Waals surface area contributed by atoms with E-state index in [1.807, 2.05) is 12.3 Å². The fourth-order valence-corrected chi connectivity index (χ4v) is 1.67. The zero-order chi connectivity index (χ0) is 8.81. The fraction of sp³-hybridized carbons (Fsp3) is 0.545. The van der Waals surface area contributed by atoms with Crippen LogP contribution in [0, 0.1) is 5.92 Å². The minimum absolute atomic E-state index is 0.844. The van der Waals surface area contributed by atoms with Crippen LogP contribution in [0.4, 0.5) is 0 Å². The van der Waals surface area contributed by atoms with Crippen molar-refractivity contribution in [2.24, 2.45) is 5.92 Å². The normalized spacial score (nSPS) is 24.1. The van der Waals surface area contributed by atoms with E-state index in [1.165, 1.54) is 19.3 Å². The molecule has 0 aromatic carbocycles. The van der Waals surface area contributed by atoms with E-state index in [0.29, 0.717) is 0 Å². The van der Waals surface area contributed by atoms with Gasteiger partial charge in [0.1, 0.15) is 13.6 Å². The smallest absolute Gasteiger partial charge is 0.162 e. The van der Waals surface area contributed by atoms with E-state index < -0.39 is 0 Å². The van der Waals surface area contributed by atoms with Gasteiger partial charge in [-0.15, -0.1) is 0 Å². The largest absolute Gasteiger partial charge is 0.238 e. The summed E-state index contributed by atoms with van der Waals surface area (Å²) in [6.45, 7) is 4.85. The van der Waals surface area contributed by atoms with Crippen molar-refractivity contribution in [2.75, 3.05) is 13.6 Å². The molecule has 0 radical (unpaired) electrons. The first kappa shape index (κ1) is 9.24.